The van der Waals surface area contributed by atoms with Crippen molar-refractivity contribution in [2.45, 2.75) is 31.7 Å². The quantitative estimate of drug-likeness (QED) is 0.740. The van der Waals surface area contributed by atoms with E-state index in [4.69, 9.17) is 5.73 Å². The monoisotopic (exact) mass is 261 g/mol. The van der Waals surface area contributed by atoms with E-state index in [2.05, 4.69) is 15.0 Å². The van der Waals surface area contributed by atoms with Gasteiger partial charge in [0, 0.05) is 6.04 Å². The van der Waals surface area contributed by atoms with Crippen LogP contribution < -0.4 is 17.0 Å². The van der Waals surface area contributed by atoms with Crippen LogP contribution in [-0.4, -0.2) is 19.5 Å². The lowest BCUT2D eigenvalue weighted by Crippen LogP contribution is -2.34. The van der Waals surface area contributed by atoms with E-state index in [-0.39, 0.29) is 17.7 Å². The fourth-order valence-corrected chi connectivity index (χ4v) is 2.99. The number of fused-ring (bicyclic) bond motifs is 1. The third-order valence-electron chi connectivity index (χ3n) is 4.11. The summed E-state index contributed by atoms with van der Waals surface area (Å²) in [5.74, 6) is 1.25. The van der Waals surface area contributed by atoms with Gasteiger partial charge in [0.05, 0.1) is 0 Å². The average Bonchev–Trinajstić information content (AvgIpc) is 3.24. The largest absolute Gasteiger partial charge is 0.369 e. The molecule has 0 amide bonds. The number of nitrogen functional groups attached to an aromatic ring is 1. The van der Waals surface area contributed by atoms with Crippen molar-refractivity contribution in [2.24, 2.45) is 11.8 Å². The average molecular weight is 261 g/mol. The fraction of sp³-hybridized carbons (Fsp3) is 0.583. The number of hydrogen-bond donors (Lipinski definition) is 3. The number of imidazole rings is 1. The number of rotatable bonds is 3. The first kappa shape index (κ1) is 10.8. The van der Waals surface area contributed by atoms with E-state index in [1.165, 1.54) is 0 Å². The Bertz CT molecular complexity index is 750. The van der Waals surface area contributed by atoms with Crippen LogP contribution in [-0.2, 0) is 0 Å². The predicted octanol–water partition coefficient (Wildman–Crippen LogP) is 0.356. The van der Waals surface area contributed by atoms with Gasteiger partial charge in [0.15, 0.2) is 17.1 Å². The molecule has 0 saturated heterocycles. The molecule has 100 valence electrons. The van der Waals surface area contributed by atoms with Crippen LogP contribution in [0.15, 0.2) is 9.59 Å². The molecule has 4 rings (SSSR count). The van der Waals surface area contributed by atoms with Crippen LogP contribution in [0, 0.1) is 11.8 Å². The van der Waals surface area contributed by atoms with Gasteiger partial charge in [-0.25, -0.2) is 4.79 Å². The molecule has 4 N–H and O–H groups in total. The molecule has 0 bridgehead atoms. The van der Waals surface area contributed by atoms with Gasteiger partial charge in [-0.1, -0.05) is 0 Å². The molecule has 7 nitrogen and oxygen atoms in total. The summed E-state index contributed by atoms with van der Waals surface area (Å²) in [6, 6.07) is 0.162. The maximum absolute atomic E-state index is 12.2. The van der Waals surface area contributed by atoms with Gasteiger partial charge in [0.2, 0.25) is 0 Å². The Balaban J connectivity index is 2.01. The zero-order chi connectivity index (χ0) is 13.1. The highest BCUT2D eigenvalue weighted by Crippen LogP contribution is 2.51. The van der Waals surface area contributed by atoms with E-state index in [1.807, 2.05) is 0 Å². The molecular weight excluding hydrogens is 246 g/mol. The second-order valence-corrected chi connectivity index (χ2v) is 5.62. The first-order valence-corrected chi connectivity index (χ1v) is 6.65. The molecule has 19 heavy (non-hydrogen) atoms. The van der Waals surface area contributed by atoms with E-state index in [0.29, 0.717) is 23.0 Å². The maximum Gasteiger partial charge on any atom is 0.330 e. The lowest BCUT2D eigenvalue weighted by molar-refractivity contribution is 0.388. The Labute approximate surface area is 107 Å². The van der Waals surface area contributed by atoms with Crippen LogP contribution in [0.3, 0.4) is 0 Å². The fourth-order valence-electron chi connectivity index (χ4n) is 2.99. The van der Waals surface area contributed by atoms with Crippen molar-refractivity contribution in [3.05, 3.63) is 20.8 Å². The Morgan fingerprint density at radius 1 is 1.16 bits per heavy atom. The van der Waals surface area contributed by atoms with Gasteiger partial charge in [-0.15, -0.1) is 0 Å². The van der Waals surface area contributed by atoms with Crippen LogP contribution in [0.2, 0.25) is 0 Å². The molecular formula is C12H15N5O2. The molecule has 0 spiro atoms. The Kier molecular flexibility index (Phi) is 1.99. The number of nitrogens with two attached hydrogens (primary N) is 1. The second kappa shape index (κ2) is 3.49. The molecule has 0 unspecified atom stereocenters. The van der Waals surface area contributed by atoms with Crippen molar-refractivity contribution in [2.75, 3.05) is 5.73 Å². The number of anilines is 1. The highest BCUT2D eigenvalue weighted by molar-refractivity contribution is 5.72. The van der Waals surface area contributed by atoms with Gasteiger partial charge in [0.25, 0.3) is 5.56 Å². The number of nitrogens with one attached hydrogen (secondary N) is 2. The molecule has 2 saturated carbocycles. The van der Waals surface area contributed by atoms with Crippen LogP contribution in [0.1, 0.15) is 31.7 Å². The summed E-state index contributed by atoms with van der Waals surface area (Å²) in [5, 5.41) is 0. The van der Waals surface area contributed by atoms with Crippen molar-refractivity contribution in [1.29, 1.82) is 0 Å². The number of nitrogens with zero attached hydrogens (tertiary/aromatic N) is 2. The summed E-state index contributed by atoms with van der Waals surface area (Å²) in [4.78, 5) is 33.2. The number of hydrogen-bond acceptors (Lipinski definition) is 4. The molecule has 2 fully saturated rings. The SMILES string of the molecule is Nc1nc2c([nH]1)c(=O)[nH]c(=O)n2C(C1CC1)C1CC1. The zero-order valence-electron chi connectivity index (χ0n) is 10.3. The second-order valence-electron chi connectivity index (χ2n) is 5.62. The summed E-state index contributed by atoms with van der Waals surface area (Å²) in [6.07, 6.45) is 4.59. The highest BCUT2D eigenvalue weighted by atomic mass is 16.2. The zero-order valence-corrected chi connectivity index (χ0v) is 10.3. The third-order valence-corrected chi connectivity index (χ3v) is 4.11. The van der Waals surface area contributed by atoms with Gasteiger partial charge in [-0.05, 0) is 37.5 Å². The van der Waals surface area contributed by atoms with Crippen molar-refractivity contribution in [1.82, 2.24) is 19.5 Å². The van der Waals surface area contributed by atoms with Crippen molar-refractivity contribution < 1.29 is 0 Å². The van der Waals surface area contributed by atoms with Gasteiger partial charge >= 0.3 is 5.69 Å². The minimum Gasteiger partial charge on any atom is -0.369 e. The molecule has 2 aliphatic carbocycles. The van der Waals surface area contributed by atoms with E-state index < -0.39 is 5.56 Å². The third kappa shape index (κ3) is 1.61. The normalized spacial score (nSPS) is 19.4. The van der Waals surface area contributed by atoms with Gasteiger partial charge in [-0.2, -0.15) is 4.98 Å². The summed E-state index contributed by atoms with van der Waals surface area (Å²) < 4.78 is 1.65. The van der Waals surface area contributed by atoms with E-state index >= 15 is 0 Å². The molecule has 0 atom stereocenters. The first-order chi connectivity index (χ1) is 9.15. The molecule has 0 aliphatic heterocycles. The lowest BCUT2D eigenvalue weighted by Gasteiger charge is -2.18. The van der Waals surface area contributed by atoms with Crippen LogP contribution in [0.4, 0.5) is 5.95 Å². The van der Waals surface area contributed by atoms with Crippen LogP contribution in [0.5, 0.6) is 0 Å². The molecule has 0 aromatic carbocycles. The van der Waals surface area contributed by atoms with Crippen LogP contribution in [0.25, 0.3) is 11.2 Å². The van der Waals surface area contributed by atoms with Crippen LogP contribution >= 0.6 is 0 Å². The van der Waals surface area contributed by atoms with Crippen molar-refractivity contribution >= 4 is 17.1 Å². The smallest absolute Gasteiger partial charge is 0.330 e. The van der Waals surface area contributed by atoms with Gasteiger partial charge in [0.1, 0.15) is 0 Å². The summed E-state index contributed by atoms with van der Waals surface area (Å²) in [6.45, 7) is 0. The van der Waals surface area contributed by atoms with E-state index in [1.54, 1.807) is 4.57 Å². The number of aromatic amines is 2. The van der Waals surface area contributed by atoms with Crippen molar-refractivity contribution in [3.63, 3.8) is 0 Å². The minimum atomic E-state index is -0.453. The van der Waals surface area contributed by atoms with Crippen molar-refractivity contribution in [3.8, 4) is 0 Å². The number of H-pyrrole nitrogens is 2. The predicted molar refractivity (Wildman–Crippen MR) is 69.9 cm³/mol. The first-order valence-electron chi connectivity index (χ1n) is 6.65. The molecule has 2 aromatic heterocycles. The topological polar surface area (TPSA) is 110 Å². The summed E-state index contributed by atoms with van der Waals surface area (Å²) >= 11 is 0. The minimum absolute atomic E-state index is 0.162. The van der Waals surface area contributed by atoms with E-state index in [9.17, 15) is 9.59 Å². The maximum atomic E-state index is 12.2. The Morgan fingerprint density at radius 3 is 2.37 bits per heavy atom. The lowest BCUT2D eigenvalue weighted by atomic mass is 10.1. The molecule has 2 heterocycles. The Hall–Kier alpha value is -2.05. The molecule has 2 aromatic rings. The Morgan fingerprint density at radius 2 is 1.79 bits per heavy atom. The van der Waals surface area contributed by atoms with Gasteiger partial charge in [-0.3, -0.25) is 14.3 Å². The molecule has 0 radical (unpaired) electrons. The molecule has 2 aliphatic rings. The summed E-state index contributed by atoms with van der Waals surface area (Å²) in [7, 11) is 0. The van der Waals surface area contributed by atoms with E-state index in [0.717, 1.165) is 25.7 Å². The molecule has 7 heteroatoms. The van der Waals surface area contributed by atoms with Gasteiger partial charge < -0.3 is 10.7 Å². The highest BCUT2D eigenvalue weighted by Gasteiger charge is 2.44. The summed E-state index contributed by atoms with van der Waals surface area (Å²) in [5.41, 5.74) is 5.50. The standard InChI is InChI=1S/C12H15N5O2/c13-11-14-7-9(15-11)17(12(19)16-10(7)18)8(5-1-2-5)6-3-4-6/h5-6,8H,1-4H2,(H3,13,14,15)(H,16,18,19). The number of aromatic nitrogens is 4.